The average Bonchev–Trinajstić information content (AvgIpc) is 3.11. The van der Waals surface area contributed by atoms with E-state index >= 15 is 0 Å². The molecule has 0 aliphatic carbocycles. The number of rotatable bonds is 6. The van der Waals surface area contributed by atoms with Crippen molar-refractivity contribution in [2.24, 2.45) is 0 Å². The van der Waals surface area contributed by atoms with Gasteiger partial charge >= 0.3 is 12.1 Å². The van der Waals surface area contributed by atoms with Crippen molar-refractivity contribution in [1.29, 1.82) is 0 Å². The minimum atomic E-state index is -5.07. The van der Waals surface area contributed by atoms with E-state index in [1.807, 2.05) is 19.9 Å². The van der Waals surface area contributed by atoms with Crippen LogP contribution in [0.25, 0.3) is 22.6 Å². The van der Waals surface area contributed by atoms with Crippen molar-refractivity contribution in [3.05, 3.63) is 53.7 Å². The summed E-state index contributed by atoms with van der Waals surface area (Å²) in [5.41, 5.74) is 4.06. The van der Waals surface area contributed by atoms with Gasteiger partial charge in [0, 0.05) is 36.9 Å². The van der Waals surface area contributed by atoms with Crippen LogP contribution in [0.1, 0.15) is 21.7 Å². The van der Waals surface area contributed by atoms with Crippen molar-refractivity contribution >= 4 is 11.9 Å². The summed E-state index contributed by atoms with van der Waals surface area (Å²) in [6.07, 6.45) is -0.518. The summed E-state index contributed by atoms with van der Waals surface area (Å²) < 4.78 is 40.7. The SMILES string of the molecule is Cc1nc(-c2cc(-c3cncc(C(=O)N(C)CCOC(=O)C(F)(F)F)c3)ccn2)[nH]c1C. The number of carbonyl (C=O) groups excluding carboxylic acids is 2. The average molecular weight is 447 g/mol. The van der Waals surface area contributed by atoms with Crippen LogP contribution in [0.3, 0.4) is 0 Å². The minimum Gasteiger partial charge on any atom is -0.457 e. The first-order valence-electron chi connectivity index (χ1n) is 9.50. The molecule has 0 aliphatic heterocycles. The van der Waals surface area contributed by atoms with Gasteiger partial charge < -0.3 is 14.6 Å². The Morgan fingerprint density at radius 2 is 1.91 bits per heavy atom. The van der Waals surface area contributed by atoms with Crippen LogP contribution >= 0.6 is 0 Å². The Morgan fingerprint density at radius 1 is 1.16 bits per heavy atom. The zero-order valence-corrected chi connectivity index (χ0v) is 17.5. The molecule has 11 heteroatoms. The fourth-order valence-corrected chi connectivity index (χ4v) is 2.80. The van der Waals surface area contributed by atoms with Crippen LogP contribution in [-0.2, 0) is 9.53 Å². The number of aromatic amines is 1. The smallest absolute Gasteiger partial charge is 0.457 e. The normalized spacial score (nSPS) is 11.3. The number of aryl methyl sites for hydroxylation is 2. The molecule has 3 aromatic heterocycles. The van der Waals surface area contributed by atoms with E-state index in [1.165, 1.54) is 13.2 Å². The van der Waals surface area contributed by atoms with Gasteiger partial charge in [-0.05, 0) is 37.6 Å². The summed E-state index contributed by atoms with van der Waals surface area (Å²) in [6, 6.07) is 5.19. The van der Waals surface area contributed by atoms with E-state index in [2.05, 4.69) is 24.7 Å². The molecule has 32 heavy (non-hydrogen) atoms. The number of H-pyrrole nitrogens is 1. The molecule has 0 fully saturated rings. The van der Waals surface area contributed by atoms with Crippen LogP contribution in [0.5, 0.6) is 0 Å². The quantitative estimate of drug-likeness (QED) is 0.582. The fraction of sp³-hybridized carbons (Fsp3) is 0.286. The van der Waals surface area contributed by atoms with Gasteiger partial charge in [-0.1, -0.05) is 0 Å². The second-order valence-electron chi connectivity index (χ2n) is 7.05. The number of pyridine rings is 2. The monoisotopic (exact) mass is 447 g/mol. The maximum absolute atomic E-state index is 12.6. The number of ether oxygens (including phenoxy) is 1. The van der Waals surface area contributed by atoms with Gasteiger partial charge in [0.1, 0.15) is 12.3 Å². The van der Waals surface area contributed by atoms with Gasteiger partial charge in [-0.25, -0.2) is 9.78 Å². The van der Waals surface area contributed by atoms with Crippen molar-refractivity contribution in [1.82, 2.24) is 24.8 Å². The Hall–Kier alpha value is -3.76. The highest BCUT2D eigenvalue weighted by molar-refractivity contribution is 5.95. The van der Waals surface area contributed by atoms with E-state index < -0.39 is 24.7 Å². The number of likely N-dealkylation sites (N-methyl/N-ethyl adjacent to an activating group) is 1. The maximum Gasteiger partial charge on any atom is 0.490 e. The number of aromatic nitrogens is 4. The zero-order chi connectivity index (χ0) is 23.5. The van der Waals surface area contributed by atoms with Gasteiger partial charge in [0.2, 0.25) is 0 Å². The molecule has 0 atom stereocenters. The lowest BCUT2D eigenvalue weighted by atomic mass is 10.1. The Bertz CT molecular complexity index is 1120. The predicted octanol–water partition coefficient (Wildman–Crippen LogP) is 3.33. The van der Waals surface area contributed by atoms with E-state index in [9.17, 15) is 22.8 Å². The molecule has 0 unspecified atom stereocenters. The number of imidazole rings is 1. The van der Waals surface area contributed by atoms with E-state index in [0.29, 0.717) is 17.1 Å². The van der Waals surface area contributed by atoms with Crippen LogP contribution in [-0.4, -0.2) is 63.1 Å². The number of nitrogens with zero attached hydrogens (tertiary/aromatic N) is 4. The van der Waals surface area contributed by atoms with E-state index in [-0.39, 0.29) is 12.1 Å². The molecule has 0 saturated carbocycles. The summed E-state index contributed by atoms with van der Waals surface area (Å²) in [5, 5.41) is 0. The first kappa shape index (κ1) is 22.9. The van der Waals surface area contributed by atoms with Crippen molar-refractivity contribution in [3.8, 4) is 22.6 Å². The maximum atomic E-state index is 12.6. The van der Waals surface area contributed by atoms with Gasteiger partial charge in [-0.15, -0.1) is 0 Å². The van der Waals surface area contributed by atoms with Crippen LogP contribution in [0, 0.1) is 13.8 Å². The van der Waals surface area contributed by atoms with Gasteiger partial charge in [0.25, 0.3) is 5.91 Å². The third kappa shape index (κ3) is 5.29. The number of hydrogen-bond acceptors (Lipinski definition) is 6. The molecule has 1 amide bonds. The highest BCUT2D eigenvalue weighted by Gasteiger charge is 2.40. The minimum absolute atomic E-state index is 0.207. The number of nitrogens with one attached hydrogen (secondary N) is 1. The predicted molar refractivity (Wildman–Crippen MR) is 108 cm³/mol. The molecular formula is C21H20F3N5O3. The standard InChI is InChI=1S/C21H20F3N5O3/c1-12-13(2)28-18(27-12)17-9-14(4-5-26-17)15-8-16(11-25-10-15)19(30)29(3)6-7-32-20(31)21(22,23)24/h4-5,8-11H,6-7H2,1-3H3,(H,27,28). The third-order valence-corrected chi connectivity index (χ3v) is 4.69. The highest BCUT2D eigenvalue weighted by atomic mass is 19.4. The molecule has 0 aliphatic rings. The first-order chi connectivity index (χ1) is 15.1. The van der Waals surface area contributed by atoms with Crippen molar-refractivity contribution in [3.63, 3.8) is 0 Å². The number of amides is 1. The van der Waals surface area contributed by atoms with Crippen molar-refractivity contribution in [2.45, 2.75) is 20.0 Å². The summed E-state index contributed by atoms with van der Waals surface area (Å²) in [7, 11) is 1.39. The van der Waals surface area contributed by atoms with Gasteiger partial charge in [0.05, 0.1) is 17.8 Å². The zero-order valence-electron chi connectivity index (χ0n) is 17.5. The van der Waals surface area contributed by atoms with Crippen molar-refractivity contribution in [2.75, 3.05) is 20.2 Å². The lowest BCUT2D eigenvalue weighted by Crippen LogP contribution is -2.33. The van der Waals surface area contributed by atoms with Gasteiger partial charge in [0.15, 0.2) is 5.82 Å². The van der Waals surface area contributed by atoms with Crippen LogP contribution in [0.15, 0.2) is 36.8 Å². The molecule has 3 rings (SSSR count). The number of esters is 1. The Labute approximate surface area is 181 Å². The summed E-state index contributed by atoms with van der Waals surface area (Å²) in [5.74, 6) is -2.15. The van der Waals surface area contributed by atoms with E-state index in [4.69, 9.17) is 0 Å². The molecule has 3 aromatic rings. The first-order valence-corrected chi connectivity index (χ1v) is 9.50. The summed E-state index contributed by atoms with van der Waals surface area (Å²) in [4.78, 5) is 40.6. The van der Waals surface area contributed by atoms with E-state index in [1.54, 1.807) is 24.5 Å². The molecule has 8 nitrogen and oxygen atoms in total. The van der Waals surface area contributed by atoms with Crippen molar-refractivity contribution < 1.29 is 27.5 Å². The lowest BCUT2D eigenvalue weighted by molar-refractivity contribution is -0.199. The number of halogens is 3. The molecular weight excluding hydrogens is 427 g/mol. The largest absolute Gasteiger partial charge is 0.490 e. The van der Waals surface area contributed by atoms with E-state index in [0.717, 1.165) is 21.9 Å². The second kappa shape index (κ2) is 9.16. The Kier molecular flexibility index (Phi) is 6.56. The van der Waals surface area contributed by atoms with Gasteiger partial charge in [-0.2, -0.15) is 13.2 Å². The highest BCUT2D eigenvalue weighted by Crippen LogP contribution is 2.24. The lowest BCUT2D eigenvalue weighted by Gasteiger charge is -2.17. The van der Waals surface area contributed by atoms with Crippen LogP contribution in [0.2, 0.25) is 0 Å². The fourth-order valence-electron chi connectivity index (χ4n) is 2.80. The number of alkyl halides is 3. The molecule has 3 heterocycles. The second-order valence-corrected chi connectivity index (χ2v) is 7.05. The summed E-state index contributed by atoms with van der Waals surface area (Å²) >= 11 is 0. The number of hydrogen-bond donors (Lipinski definition) is 1. The topological polar surface area (TPSA) is 101 Å². The molecule has 0 radical (unpaired) electrons. The number of carbonyl (C=O) groups is 2. The Balaban J connectivity index is 1.73. The molecule has 0 spiro atoms. The molecule has 1 N–H and O–H groups in total. The van der Waals surface area contributed by atoms with Crippen LogP contribution < -0.4 is 0 Å². The third-order valence-electron chi connectivity index (χ3n) is 4.69. The van der Waals surface area contributed by atoms with Gasteiger partial charge in [-0.3, -0.25) is 14.8 Å². The molecule has 0 saturated heterocycles. The molecule has 0 bridgehead atoms. The molecule has 0 aromatic carbocycles. The summed E-state index contributed by atoms with van der Waals surface area (Å²) in [6.45, 7) is 3.01. The molecule has 168 valence electrons. The van der Waals surface area contributed by atoms with Crippen LogP contribution in [0.4, 0.5) is 13.2 Å². The Morgan fingerprint density at radius 3 is 2.56 bits per heavy atom.